The number of benzene rings is 1. The maximum absolute atomic E-state index is 6.09. The van der Waals surface area contributed by atoms with E-state index >= 15 is 0 Å². The van der Waals surface area contributed by atoms with E-state index in [1.165, 1.54) is 0 Å². The Bertz CT molecular complexity index is 1020. The maximum Gasteiger partial charge on any atom is 0.227 e. The smallest absolute Gasteiger partial charge is 0.227 e. The van der Waals surface area contributed by atoms with Gasteiger partial charge in [-0.15, -0.1) is 10.2 Å². The molecule has 0 saturated carbocycles. The fourth-order valence-corrected chi connectivity index (χ4v) is 2.46. The van der Waals surface area contributed by atoms with Gasteiger partial charge < -0.3 is 10.5 Å². The maximum atomic E-state index is 6.09. The van der Waals surface area contributed by atoms with E-state index in [9.17, 15) is 0 Å². The second kappa shape index (κ2) is 5.34. The summed E-state index contributed by atoms with van der Waals surface area (Å²) in [4.78, 5) is 0. The fourth-order valence-electron chi connectivity index (χ4n) is 2.46. The number of hydrogen-bond acceptors (Lipinski definition) is 6. The van der Waals surface area contributed by atoms with E-state index in [4.69, 9.17) is 10.5 Å². The zero-order chi connectivity index (χ0) is 16.7. The number of anilines is 1. The Morgan fingerprint density at radius 1 is 1.12 bits per heavy atom. The molecule has 1 aromatic carbocycles. The van der Waals surface area contributed by atoms with Crippen LogP contribution in [0.5, 0.6) is 11.6 Å². The monoisotopic (exact) mass is 321 g/mol. The number of rotatable bonds is 3. The van der Waals surface area contributed by atoms with Gasteiger partial charge in [-0.1, -0.05) is 18.2 Å². The molecule has 3 heterocycles. The first-order valence-electron chi connectivity index (χ1n) is 7.37. The summed E-state index contributed by atoms with van der Waals surface area (Å²) in [6, 6.07) is 11.3. The molecule has 0 aliphatic heterocycles. The molecule has 0 radical (unpaired) electrons. The number of aryl methyl sites for hydroxylation is 2. The second-order valence-electron chi connectivity index (χ2n) is 5.37. The van der Waals surface area contributed by atoms with Crippen molar-refractivity contribution < 1.29 is 4.74 Å². The van der Waals surface area contributed by atoms with Crippen molar-refractivity contribution in [2.24, 2.45) is 7.05 Å². The molecular formula is C16H15N7O. The molecule has 0 saturated heterocycles. The van der Waals surface area contributed by atoms with Crippen LogP contribution in [0, 0.1) is 6.92 Å². The molecule has 0 spiro atoms. The van der Waals surface area contributed by atoms with E-state index < -0.39 is 0 Å². The highest BCUT2D eigenvalue weighted by Crippen LogP contribution is 2.32. The number of hydrogen-bond donors (Lipinski definition) is 1. The van der Waals surface area contributed by atoms with Crippen molar-refractivity contribution in [1.82, 2.24) is 29.6 Å². The van der Waals surface area contributed by atoms with Crippen molar-refractivity contribution in [3.63, 3.8) is 0 Å². The number of nitrogens with zero attached hydrogens (tertiary/aromatic N) is 6. The van der Waals surface area contributed by atoms with Crippen LogP contribution in [0.1, 0.15) is 5.82 Å². The van der Waals surface area contributed by atoms with Gasteiger partial charge in [0, 0.05) is 7.05 Å². The zero-order valence-corrected chi connectivity index (χ0v) is 13.2. The van der Waals surface area contributed by atoms with Gasteiger partial charge in [0.2, 0.25) is 11.5 Å². The predicted molar refractivity (Wildman–Crippen MR) is 88.6 cm³/mol. The lowest BCUT2D eigenvalue weighted by Gasteiger charge is -2.09. The highest BCUT2D eigenvalue weighted by Gasteiger charge is 2.17. The van der Waals surface area contributed by atoms with Crippen molar-refractivity contribution in [2.45, 2.75) is 6.92 Å². The van der Waals surface area contributed by atoms with Gasteiger partial charge in [0.25, 0.3) is 0 Å². The molecule has 8 nitrogen and oxygen atoms in total. The van der Waals surface area contributed by atoms with Crippen LogP contribution >= 0.6 is 0 Å². The highest BCUT2D eigenvalue weighted by atomic mass is 16.5. The Balaban J connectivity index is 1.84. The minimum Gasteiger partial charge on any atom is -0.439 e. The molecular weight excluding hydrogens is 306 g/mol. The van der Waals surface area contributed by atoms with Gasteiger partial charge in [0.1, 0.15) is 11.4 Å². The van der Waals surface area contributed by atoms with Crippen LogP contribution in [0.2, 0.25) is 0 Å². The lowest BCUT2D eigenvalue weighted by molar-refractivity contribution is 0.432. The molecule has 0 fully saturated rings. The lowest BCUT2D eigenvalue weighted by Crippen LogP contribution is -2.02. The Labute approximate surface area is 137 Å². The van der Waals surface area contributed by atoms with Gasteiger partial charge in [-0.05, 0) is 25.1 Å². The minimum atomic E-state index is 0.495. The van der Waals surface area contributed by atoms with Gasteiger partial charge in [-0.25, -0.2) is 4.68 Å². The van der Waals surface area contributed by atoms with Crippen LogP contribution in [0.25, 0.3) is 16.9 Å². The van der Waals surface area contributed by atoms with Crippen molar-refractivity contribution >= 4 is 11.3 Å². The molecule has 0 bridgehead atoms. The Morgan fingerprint density at radius 3 is 2.71 bits per heavy atom. The van der Waals surface area contributed by atoms with Crippen molar-refractivity contribution in [2.75, 3.05) is 5.73 Å². The zero-order valence-electron chi connectivity index (χ0n) is 13.2. The first-order valence-corrected chi connectivity index (χ1v) is 7.37. The standard InChI is InChI=1S/C16H15N7O/c1-10-19-20-15-13(17)8-14(21-23(10)15)12-9-18-22(2)16(12)24-11-6-4-3-5-7-11/h3-9H,17H2,1-2H3. The predicted octanol–water partition coefficient (Wildman–Crippen LogP) is 2.21. The topological polar surface area (TPSA) is 96.2 Å². The number of para-hydroxylation sites is 1. The Hall–Kier alpha value is -3.42. The van der Waals surface area contributed by atoms with Crippen LogP contribution in [0.15, 0.2) is 42.6 Å². The third kappa shape index (κ3) is 2.24. The summed E-state index contributed by atoms with van der Waals surface area (Å²) in [6.07, 6.45) is 1.70. The number of aromatic nitrogens is 6. The summed E-state index contributed by atoms with van der Waals surface area (Å²) in [7, 11) is 1.81. The van der Waals surface area contributed by atoms with Crippen molar-refractivity contribution in [1.29, 1.82) is 0 Å². The van der Waals surface area contributed by atoms with Gasteiger partial charge >= 0.3 is 0 Å². The van der Waals surface area contributed by atoms with E-state index in [2.05, 4.69) is 20.4 Å². The molecule has 3 aromatic heterocycles. The third-order valence-corrected chi connectivity index (χ3v) is 3.67. The fraction of sp³-hybridized carbons (Fsp3) is 0.125. The number of nitrogen functional groups attached to an aromatic ring is 1. The molecule has 0 aliphatic carbocycles. The van der Waals surface area contributed by atoms with E-state index in [1.54, 1.807) is 21.5 Å². The molecule has 4 rings (SSSR count). The summed E-state index contributed by atoms with van der Waals surface area (Å²) in [6.45, 7) is 1.82. The minimum absolute atomic E-state index is 0.495. The van der Waals surface area contributed by atoms with Crippen LogP contribution in [-0.2, 0) is 7.05 Å². The summed E-state index contributed by atoms with van der Waals surface area (Å²) in [5, 5.41) is 16.9. The summed E-state index contributed by atoms with van der Waals surface area (Å²) < 4.78 is 9.25. The Kier molecular flexibility index (Phi) is 3.16. The molecule has 2 N–H and O–H groups in total. The first kappa shape index (κ1) is 14.2. The van der Waals surface area contributed by atoms with Gasteiger partial charge in [0.05, 0.1) is 17.4 Å². The van der Waals surface area contributed by atoms with E-state index in [0.717, 1.165) is 11.3 Å². The van der Waals surface area contributed by atoms with E-state index in [0.29, 0.717) is 28.7 Å². The van der Waals surface area contributed by atoms with E-state index in [1.807, 2.05) is 44.3 Å². The third-order valence-electron chi connectivity index (χ3n) is 3.67. The normalized spacial score (nSPS) is 11.1. The average molecular weight is 321 g/mol. The SMILES string of the molecule is Cc1nnc2c(N)cc(-c3cnn(C)c3Oc3ccccc3)nn12. The molecule has 0 unspecified atom stereocenters. The Morgan fingerprint density at radius 2 is 1.92 bits per heavy atom. The average Bonchev–Trinajstić information content (AvgIpc) is 3.13. The number of nitrogens with two attached hydrogens (primary N) is 1. The molecule has 0 atom stereocenters. The van der Waals surface area contributed by atoms with Gasteiger partial charge in [0.15, 0.2) is 5.82 Å². The number of fused-ring (bicyclic) bond motifs is 1. The summed E-state index contributed by atoms with van der Waals surface area (Å²) in [5.74, 6) is 1.96. The van der Waals surface area contributed by atoms with Crippen LogP contribution in [-0.4, -0.2) is 29.6 Å². The molecule has 4 aromatic rings. The van der Waals surface area contributed by atoms with Crippen LogP contribution < -0.4 is 10.5 Å². The molecule has 0 aliphatic rings. The molecule has 24 heavy (non-hydrogen) atoms. The quantitative estimate of drug-likeness (QED) is 0.621. The molecule has 120 valence electrons. The molecule has 8 heteroatoms. The summed E-state index contributed by atoms with van der Waals surface area (Å²) in [5.41, 5.74) is 8.49. The summed E-state index contributed by atoms with van der Waals surface area (Å²) >= 11 is 0. The van der Waals surface area contributed by atoms with E-state index in [-0.39, 0.29) is 0 Å². The van der Waals surface area contributed by atoms with Crippen molar-refractivity contribution in [3.8, 4) is 22.9 Å². The van der Waals surface area contributed by atoms with Gasteiger partial charge in [-0.2, -0.15) is 14.7 Å². The van der Waals surface area contributed by atoms with Crippen LogP contribution in [0.3, 0.4) is 0 Å². The lowest BCUT2D eigenvalue weighted by atomic mass is 10.2. The van der Waals surface area contributed by atoms with Gasteiger partial charge in [-0.3, -0.25) is 0 Å². The first-order chi connectivity index (χ1) is 11.6. The van der Waals surface area contributed by atoms with Crippen molar-refractivity contribution in [3.05, 3.63) is 48.4 Å². The largest absolute Gasteiger partial charge is 0.439 e. The number of ether oxygens (including phenoxy) is 1. The highest BCUT2D eigenvalue weighted by molar-refractivity contribution is 5.73. The van der Waals surface area contributed by atoms with Crippen LogP contribution in [0.4, 0.5) is 5.69 Å². The second-order valence-corrected chi connectivity index (χ2v) is 5.37. The molecule has 0 amide bonds.